The van der Waals surface area contributed by atoms with Gasteiger partial charge < -0.3 is 10.1 Å². The lowest BCUT2D eigenvalue weighted by Gasteiger charge is -2.08. The number of carbonyl (C=O) groups is 3. The summed E-state index contributed by atoms with van der Waals surface area (Å²) in [7, 11) is 0. The molecular weight excluding hydrogens is 326 g/mol. The topological polar surface area (TPSA) is 72.5 Å². The molecule has 1 N–H and O–H groups in total. The summed E-state index contributed by atoms with van der Waals surface area (Å²) in [5, 5.41) is 4.55. The van der Waals surface area contributed by atoms with E-state index in [1.54, 1.807) is 43.5 Å². The number of aryl methyl sites for hydroxylation is 1. The number of anilines is 1. The van der Waals surface area contributed by atoms with Crippen LogP contribution in [0.2, 0.25) is 0 Å². The summed E-state index contributed by atoms with van der Waals surface area (Å²) in [6.45, 7) is 5.11. The maximum atomic E-state index is 12.1. The van der Waals surface area contributed by atoms with E-state index in [2.05, 4.69) is 5.32 Å². The van der Waals surface area contributed by atoms with Crippen LogP contribution >= 0.6 is 11.3 Å². The van der Waals surface area contributed by atoms with Crippen molar-refractivity contribution in [2.45, 2.75) is 20.8 Å². The summed E-state index contributed by atoms with van der Waals surface area (Å²) in [4.78, 5) is 36.1. The van der Waals surface area contributed by atoms with Crippen LogP contribution in [0, 0.1) is 12.8 Å². The van der Waals surface area contributed by atoms with Gasteiger partial charge in [-0.15, -0.1) is 11.3 Å². The molecule has 2 rings (SSSR count). The Morgan fingerprint density at radius 3 is 2.33 bits per heavy atom. The van der Waals surface area contributed by atoms with Gasteiger partial charge in [0.1, 0.15) is 4.88 Å². The van der Waals surface area contributed by atoms with Gasteiger partial charge in [0, 0.05) is 17.2 Å². The first-order valence-corrected chi connectivity index (χ1v) is 8.41. The predicted molar refractivity (Wildman–Crippen MR) is 93.6 cm³/mol. The minimum absolute atomic E-state index is 0.0886. The summed E-state index contributed by atoms with van der Waals surface area (Å²) in [6.07, 6.45) is 0. The van der Waals surface area contributed by atoms with E-state index in [9.17, 15) is 14.4 Å². The summed E-state index contributed by atoms with van der Waals surface area (Å²) >= 11 is 1.29. The number of rotatable bonds is 6. The van der Waals surface area contributed by atoms with Crippen LogP contribution in [0.15, 0.2) is 35.7 Å². The second-order valence-corrected chi connectivity index (χ2v) is 6.57. The molecule has 1 amide bonds. The zero-order valence-electron chi connectivity index (χ0n) is 13.8. The minimum Gasteiger partial charge on any atom is -0.453 e. The zero-order valence-corrected chi connectivity index (χ0v) is 14.6. The molecule has 0 unspecified atom stereocenters. The SMILES string of the molecule is Cc1ccsc1C(=O)OCC(=O)c1ccc(NC(=O)C(C)C)cc1. The number of thiophene rings is 1. The van der Waals surface area contributed by atoms with Crippen molar-refractivity contribution in [3.63, 3.8) is 0 Å². The first kappa shape index (κ1) is 17.9. The maximum Gasteiger partial charge on any atom is 0.349 e. The molecule has 0 aliphatic rings. The smallest absolute Gasteiger partial charge is 0.349 e. The van der Waals surface area contributed by atoms with Crippen molar-refractivity contribution in [2.24, 2.45) is 5.92 Å². The molecular formula is C18H19NO4S. The Kier molecular flexibility index (Phi) is 5.87. The van der Waals surface area contributed by atoms with E-state index in [1.807, 2.05) is 13.0 Å². The number of carbonyl (C=O) groups excluding carboxylic acids is 3. The van der Waals surface area contributed by atoms with Crippen molar-refractivity contribution in [3.8, 4) is 0 Å². The largest absolute Gasteiger partial charge is 0.453 e. The van der Waals surface area contributed by atoms with Gasteiger partial charge in [0.2, 0.25) is 5.91 Å². The van der Waals surface area contributed by atoms with Crippen LogP contribution in [0.4, 0.5) is 5.69 Å². The van der Waals surface area contributed by atoms with Gasteiger partial charge in [-0.05, 0) is 48.2 Å². The molecule has 0 aliphatic heterocycles. The normalized spacial score (nSPS) is 10.5. The standard InChI is InChI=1S/C18H19NO4S/c1-11(2)17(21)19-14-6-4-13(5-7-14)15(20)10-23-18(22)16-12(3)8-9-24-16/h4-9,11H,10H2,1-3H3,(H,19,21). The third-order valence-electron chi connectivity index (χ3n) is 3.38. The van der Waals surface area contributed by atoms with Crippen LogP contribution in [0.1, 0.15) is 39.4 Å². The molecule has 1 aromatic carbocycles. The number of esters is 1. The van der Waals surface area contributed by atoms with E-state index in [0.29, 0.717) is 16.1 Å². The lowest BCUT2D eigenvalue weighted by atomic mass is 10.1. The van der Waals surface area contributed by atoms with Crippen LogP contribution in [0.3, 0.4) is 0 Å². The fourth-order valence-electron chi connectivity index (χ4n) is 1.89. The second-order valence-electron chi connectivity index (χ2n) is 5.65. The van der Waals surface area contributed by atoms with Crippen LogP contribution in [-0.2, 0) is 9.53 Å². The average molecular weight is 345 g/mol. The van der Waals surface area contributed by atoms with Gasteiger partial charge in [-0.2, -0.15) is 0 Å². The molecule has 24 heavy (non-hydrogen) atoms. The summed E-state index contributed by atoms with van der Waals surface area (Å²) < 4.78 is 5.06. The number of hydrogen-bond acceptors (Lipinski definition) is 5. The average Bonchev–Trinajstić information content (AvgIpc) is 2.99. The van der Waals surface area contributed by atoms with Crippen LogP contribution in [0.5, 0.6) is 0 Å². The summed E-state index contributed by atoms with van der Waals surface area (Å²) in [5.74, 6) is -0.989. The third-order valence-corrected chi connectivity index (χ3v) is 4.38. The van der Waals surface area contributed by atoms with Crippen LogP contribution in [0.25, 0.3) is 0 Å². The minimum atomic E-state index is -0.489. The molecule has 0 saturated heterocycles. The molecule has 0 saturated carbocycles. The van der Waals surface area contributed by atoms with Gasteiger partial charge >= 0.3 is 5.97 Å². The van der Waals surface area contributed by atoms with Crippen molar-refractivity contribution in [3.05, 3.63) is 51.7 Å². The molecule has 126 valence electrons. The number of benzene rings is 1. The van der Waals surface area contributed by atoms with Gasteiger partial charge in [0.05, 0.1) is 0 Å². The first-order chi connectivity index (χ1) is 11.4. The van der Waals surface area contributed by atoms with Crippen molar-refractivity contribution in [1.29, 1.82) is 0 Å². The Balaban J connectivity index is 1.92. The van der Waals surface area contributed by atoms with Crippen molar-refractivity contribution < 1.29 is 19.1 Å². The molecule has 0 spiro atoms. The Morgan fingerprint density at radius 1 is 1.12 bits per heavy atom. The fourth-order valence-corrected chi connectivity index (χ4v) is 2.71. The maximum absolute atomic E-state index is 12.1. The van der Waals surface area contributed by atoms with E-state index < -0.39 is 5.97 Å². The number of hydrogen-bond donors (Lipinski definition) is 1. The Morgan fingerprint density at radius 2 is 1.79 bits per heavy atom. The van der Waals surface area contributed by atoms with E-state index in [1.165, 1.54) is 11.3 Å². The first-order valence-electron chi connectivity index (χ1n) is 7.54. The van der Waals surface area contributed by atoms with Crippen molar-refractivity contribution in [2.75, 3.05) is 11.9 Å². The fraction of sp³-hybridized carbons (Fsp3) is 0.278. The molecule has 0 bridgehead atoms. The summed E-state index contributed by atoms with van der Waals surface area (Å²) in [5.41, 5.74) is 1.88. The number of nitrogens with one attached hydrogen (secondary N) is 1. The van der Waals surface area contributed by atoms with E-state index in [4.69, 9.17) is 4.74 Å². The highest BCUT2D eigenvalue weighted by Crippen LogP contribution is 2.17. The van der Waals surface area contributed by atoms with Crippen LogP contribution < -0.4 is 5.32 Å². The monoisotopic (exact) mass is 345 g/mol. The van der Waals surface area contributed by atoms with Gasteiger partial charge in [-0.25, -0.2) is 4.79 Å². The highest BCUT2D eigenvalue weighted by molar-refractivity contribution is 7.12. The lowest BCUT2D eigenvalue weighted by molar-refractivity contribution is -0.118. The molecule has 6 heteroatoms. The molecule has 1 aromatic heterocycles. The molecule has 0 radical (unpaired) electrons. The van der Waals surface area contributed by atoms with E-state index in [0.717, 1.165) is 5.56 Å². The highest BCUT2D eigenvalue weighted by Gasteiger charge is 2.15. The molecule has 5 nitrogen and oxygen atoms in total. The predicted octanol–water partition coefficient (Wildman–Crippen LogP) is 3.69. The van der Waals surface area contributed by atoms with E-state index in [-0.39, 0.29) is 24.2 Å². The highest BCUT2D eigenvalue weighted by atomic mass is 32.1. The third kappa shape index (κ3) is 4.52. The number of amides is 1. The lowest BCUT2D eigenvalue weighted by Crippen LogP contribution is -2.18. The Labute approximate surface area is 144 Å². The molecule has 2 aromatic rings. The van der Waals surface area contributed by atoms with Crippen LogP contribution in [-0.4, -0.2) is 24.3 Å². The number of ketones is 1. The molecule has 1 heterocycles. The van der Waals surface area contributed by atoms with Crippen molar-refractivity contribution in [1.82, 2.24) is 0 Å². The van der Waals surface area contributed by atoms with Gasteiger partial charge in [-0.1, -0.05) is 13.8 Å². The number of ether oxygens (including phenoxy) is 1. The second kappa shape index (κ2) is 7.88. The molecule has 0 aliphatic carbocycles. The summed E-state index contributed by atoms with van der Waals surface area (Å²) in [6, 6.07) is 8.33. The molecule has 0 atom stereocenters. The van der Waals surface area contributed by atoms with Gasteiger partial charge in [0.25, 0.3) is 0 Å². The quantitative estimate of drug-likeness (QED) is 0.640. The molecule has 0 fully saturated rings. The van der Waals surface area contributed by atoms with E-state index >= 15 is 0 Å². The number of Topliss-reactive ketones (excluding diaryl/α,β-unsaturated/α-hetero) is 1. The zero-order chi connectivity index (χ0) is 17.7. The van der Waals surface area contributed by atoms with Gasteiger partial charge in [0.15, 0.2) is 12.4 Å². The Hall–Kier alpha value is -2.47. The van der Waals surface area contributed by atoms with Gasteiger partial charge in [-0.3, -0.25) is 9.59 Å². The van der Waals surface area contributed by atoms with Crippen molar-refractivity contribution >= 4 is 34.7 Å². The Bertz CT molecular complexity index is 747.